The summed E-state index contributed by atoms with van der Waals surface area (Å²) in [6.07, 6.45) is 0.947. The van der Waals surface area contributed by atoms with Gasteiger partial charge in [-0.3, -0.25) is 19.2 Å². The fourth-order valence-electron chi connectivity index (χ4n) is 2.52. The second-order valence-corrected chi connectivity index (χ2v) is 8.15. The van der Waals surface area contributed by atoms with Crippen molar-refractivity contribution in [1.82, 2.24) is 5.32 Å². The van der Waals surface area contributed by atoms with Gasteiger partial charge in [-0.15, -0.1) is 0 Å². The van der Waals surface area contributed by atoms with Gasteiger partial charge in [0.25, 0.3) is 5.69 Å². The number of carbonyl (C=O) groups is 1. The van der Waals surface area contributed by atoms with Gasteiger partial charge in [0.1, 0.15) is 6.54 Å². The maximum absolute atomic E-state index is 12.4. The number of aryl methyl sites for hydroxylation is 1. The van der Waals surface area contributed by atoms with E-state index in [4.69, 9.17) is 0 Å². The Labute approximate surface area is 158 Å². The third-order valence-corrected chi connectivity index (χ3v) is 5.11. The molecule has 8 nitrogen and oxygen atoms in total. The van der Waals surface area contributed by atoms with Gasteiger partial charge in [0.15, 0.2) is 0 Å². The van der Waals surface area contributed by atoms with Crippen LogP contribution in [-0.4, -0.2) is 32.0 Å². The van der Waals surface area contributed by atoms with Crippen molar-refractivity contribution < 1.29 is 18.1 Å². The first-order valence-corrected chi connectivity index (χ1v) is 10.0. The first-order chi connectivity index (χ1) is 12.6. The Morgan fingerprint density at radius 3 is 2.41 bits per heavy atom. The largest absolute Gasteiger partial charge is 0.348 e. The van der Waals surface area contributed by atoms with Crippen LogP contribution in [0.1, 0.15) is 24.1 Å². The normalized spacial score (nSPS) is 12.3. The van der Waals surface area contributed by atoms with Crippen molar-refractivity contribution in [3.05, 3.63) is 69.8 Å². The number of nitro benzene ring substituents is 1. The molecule has 0 aliphatic carbocycles. The molecular weight excluding hydrogens is 370 g/mol. The highest BCUT2D eigenvalue weighted by Gasteiger charge is 2.23. The molecule has 0 heterocycles. The van der Waals surface area contributed by atoms with Crippen LogP contribution in [-0.2, 0) is 14.8 Å². The molecule has 144 valence electrons. The Kier molecular flexibility index (Phi) is 6.17. The molecule has 9 heteroatoms. The average Bonchev–Trinajstić information content (AvgIpc) is 2.59. The van der Waals surface area contributed by atoms with E-state index in [1.165, 1.54) is 18.2 Å². The predicted octanol–water partition coefficient (Wildman–Crippen LogP) is 2.55. The number of nitro groups is 1. The lowest BCUT2D eigenvalue weighted by atomic mass is 10.1. The van der Waals surface area contributed by atoms with E-state index < -0.39 is 27.4 Å². The number of carbonyl (C=O) groups excluding carboxylic acids is 1. The van der Waals surface area contributed by atoms with Gasteiger partial charge >= 0.3 is 0 Å². The number of sulfonamides is 1. The van der Waals surface area contributed by atoms with Crippen molar-refractivity contribution in [2.75, 3.05) is 17.1 Å². The van der Waals surface area contributed by atoms with Gasteiger partial charge < -0.3 is 5.32 Å². The zero-order valence-corrected chi connectivity index (χ0v) is 16.1. The molecule has 0 aromatic heterocycles. The molecule has 0 aliphatic heterocycles. The summed E-state index contributed by atoms with van der Waals surface area (Å²) in [7, 11) is -3.81. The maximum Gasteiger partial charge on any atom is 0.271 e. The van der Waals surface area contributed by atoms with Gasteiger partial charge in [-0.1, -0.05) is 35.9 Å². The number of amides is 1. The van der Waals surface area contributed by atoms with Crippen molar-refractivity contribution in [3.8, 4) is 0 Å². The molecule has 2 aromatic carbocycles. The van der Waals surface area contributed by atoms with Crippen molar-refractivity contribution in [3.63, 3.8) is 0 Å². The topological polar surface area (TPSA) is 110 Å². The molecule has 2 aromatic rings. The van der Waals surface area contributed by atoms with E-state index in [-0.39, 0.29) is 17.4 Å². The molecule has 0 saturated carbocycles. The molecule has 1 unspecified atom stereocenters. The van der Waals surface area contributed by atoms with Crippen LogP contribution >= 0.6 is 0 Å². The molecule has 1 N–H and O–H groups in total. The molecule has 0 aliphatic rings. The fourth-order valence-corrected chi connectivity index (χ4v) is 3.37. The van der Waals surface area contributed by atoms with Gasteiger partial charge in [-0.2, -0.15) is 0 Å². The summed E-state index contributed by atoms with van der Waals surface area (Å²) < 4.78 is 25.1. The van der Waals surface area contributed by atoms with E-state index in [2.05, 4.69) is 5.32 Å². The van der Waals surface area contributed by atoms with Gasteiger partial charge in [0, 0.05) is 12.1 Å². The zero-order chi connectivity index (χ0) is 20.2. The molecular formula is C18H21N3O5S. The molecule has 0 spiro atoms. The molecule has 0 bridgehead atoms. The molecule has 0 radical (unpaired) electrons. The predicted molar refractivity (Wildman–Crippen MR) is 103 cm³/mol. The van der Waals surface area contributed by atoms with Gasteiger partial charge in [-0.05, 0) is 25.5 Å². The number of hydrogen-bond acceptors (Lipinski definition) is 5. The van der Waals surface area contributed by atoms with Crippen LogP contribution in [0.5, 0.6) is 0 Å². The lowest BCUT2D eigenvalue weighted by molar-refractivity contribution is -0.384. The van der Waals surface area contributed by atoms with Crippen molar-refractivity contribution in [2.45, 2.75) is 19.9 Å². The standard InChI is InChI=1S/C18H21N3O5S/c1-13-7-9-15(10-8-13)14(2)19-18(22)12-20(27(3,25)26)16-5-4-6-17(11-16)21(23)24/h4-11,14H,12H2,1-3H3,(H,19,22). The highest BCUT2D eigenvalue weighted by Crippen LogP contribution is 2.23. The van der Waals surface area contributed by atoms with Crippen molar-refractivity contribution in [2.24, 2.45) is 0 Å². The Balaban J connectivity index is 2.19. The highest BCUT2D eigenvalue weighted by atomic mass is 32.2. The molecule has 1 amide bonds. The SMILES string of the molecule is Cc1ccc(C(C)NC(=O)CN(c2cccc([N+](=O)[O-])c2)S(C)(=O)=O)cc1. The summed E-state index contributed by atoms with van der Waals surface area (Å²) in [5.74, 6) is -0.514. The van der Waals surface area contributed by atoms with Crippen LogP contribution in [0.2, 0.25) is 0 Å². The number of rotatable bonds is 7. The summed E-state index contributed by atoms with van der Waals surface area (Å²) in [6, 6.07) is 12.5. The van der Waals surface area contributed by atoms with E-state index in [0.717, 1.165) is 27.8 Å². The lowest BCUT2D eigenvalue weighted by Crippen LogP contribution is -2.41. The number of anilines is 1. The summed E-state index contributed by atoms with van der Waals surface area (Å²) in [6.45, 7) is 3.27. The Bertz CT molecular complexity index is 942. The summed E-state index contributed by atoms with van der Waals surface area (Å²) in [5.41, 5.74) is 1.78. The van der Waals surface area contributed by atoms with Gasteiger partial charge in [0.2, 0.25) is 15.9 Å². The second kappa shape index (κ2) is 8.17. The van der Waals surface area contributed by atoms with Crippen LogP contribution in [0.25, 0.3) is 0 Å². The third-order valence-electron chi connectivity index (χ3n) is 3.97. The first kappa shape index (κ1) is 20.4. The number of nitrogens with one attached hydrogen (secondary N) is 1. The lowest BCUT2D eigenvalue weighted by Gasteiger charge is -2.23. The van der Waals surface area contributed by atoms with Crippen LogP contribution in [0.4, 0.5) is 11.4 Å². The van der Waals surface area contributed by atoms with E-state index in [0.29, 0.717) is 0 Å². The number of non-ortho nitro benzene ring substituents is 1. The summed E-state index contributed by atoms with van der Waals surface area (Å²) >= 11 is 0. The Hall–Kier alpha value is -2.94. The number of hydrogen-bond donors (Lipinski definition) is 1. The minimum Gasteiger partial charge on any atom is -0.348 e. The van der Waals surface area contributed by atoms with E-state index in [1.54, 1.807) is 6.92 Å². The van der Waals surface area contributed by atoms with Crippen LogP contribution in [0, 0.1) is 17.0 Å². The number of benzene rings is 2. The summed E-state index contributed by atoms with van der Waals surface area (Å²) in [4.78, 5) is 22.7. The molecule has 0 fully saturated rings. The third kappa shape index (κ3) is 5.52. The molecule has 0 saturated heterocycles. The molecule has 2 rings (SSSR count). The monoisotopic (exact) mass is 391 g/mol. The van der Waals surface area contributed by atoms with Crippen LogP contribution < -0.4 is 9.62 Å². The van der Waals surface area contributed by atoms with E-state index in [9.17, 15) is 23.3 Å². The van der Waals surface area contributed by atoms with Crippen LogP contribution in [0.3, 0.4) is 0 Å². The van der Waals surface area contributed by atoms with Gasteiger partial charge in [-0.25, -0.2) is 8.42 Å². The molecule has 1 atom stereocenters. The quantitative estimate of drug-likeness (QED) is 0.576. The highest BCUT2D eigenvalue weighted by molar-refractivity contribution is 7.92. The second-order valence-electron chi connectivity index (χ2n) is 6.25. The van der Waals surface area contributed by atoms with Crippen molar-refractivity contribution >= 4 is 27.3 Å². The minimum atomic E-state index is -3.81. The molecule has 27 heavy (non-hydrogen) atoms. The Morgan fingerprint density at radius 1 is 1.22 bits per heavy atom. The zero-order valence-electron chi connectivity index (χ0n) is 15.2. The summed E-state index contributed by atoms with van der Waals surface area (Å²) in [5, 5.41) is 13.7. The smallest absolute Gasteiger partial charge is 0.271 e. The van der Waals surface area contributed by atoms with E-state index in [1.807, 2.05) is 31.2 Å². The Morgan fingerprint density at radius 2 is 1.85 bits per heavy atom. The number of nitrogens with zero attached hydrogens (tertiary/aromatic N) is 2. The minimum absolute atomic E-state index is 0.0600. The maximum atomic E-state index is 12.4. The average molecular weight is 391 g/mol. The van der Waals surface area contributed by atoms with E-state index >= 15 is 0 Å². The van der Waals surface area contributed by atoms with Crippen LogP contribution in [0.15, 0.2) is 48.5 Å². The van der Waals surface area contributed by atoms with Gasteiger partial charge in [0.05, 0.1) is 22.9 Å². The van der Waals surface area contributed by atoms with Crippen molar-refractivity contribution in [1.29, 1.82) is 0 Å². The fraction of sp³-hybridized carbons (Fsp3) is 0.278. The first-order valence-electron chi connectivity index (χ1n) is 8.16.